The van der Waals surface area contributed by atoms with Crippen LogP contribution in [-0.2, 0) is 12.8 Å². The number of hydrogen-bond acceptors (Lipinski definition) is 4. The Labute approximate surface area is 180 Å². The van der Waals surface area contributed by atoms with E-state index in [-0.39, 0.29) is 9.87 Å². The molecule has 1 unspecified atom stereocenters. The Bertz CT molecular complexity index is 1130. The molecule has 2 heterocycles. The second kappa shape index (κ2) is 7.08. The highest BCUT2D eigenvalue weighted by atomic mass is 127. The van der Waals surface area contributed by atoms with Gasteiger partial charge in [-0.3, -0.25) is 0 Å². The molecule has 0 fully saturated rings. The van der Waals surface area contributed by atoms with E-state index >= 15 is 0 Å². The van der Waals surface area contributed by atoms with Crippen molar-refractivity contribution in [2.45, 2.75) is 23.3 Å². The molecule has 0 radical (unpaired) electrons. The van der Waals surface area contributed by atoms with Crippen LogP contribution >= 0.6 is 34.2 Å². The Hall–Kier alpha value is -2.06. The van der Waals surface area contributed by atoms with E-state index in [4.69, 9.17) is 21.6 Å². The lowest BCUT2D eigenvalue weighted by molar-refractivity contribution is 0.613. The normalized spacial score (nSPS) is 17.2. The molecule has 0 bridgehead atoms. The van der Waals surface area contributed by atoms with Crippen LogP contribution in [0.2, 0.25) is 5.02 Å². The van der Waals surface area contributed by atoms with Gasteiger partial charge in [0.05, 0.1) is 5.02 Å². The number of hydrogen-bond donors (Lipinski definition) is 1. The van der Waals surface area contributed by atoms with Crippen molar-refractivity contribution >= 4 is 45.8 Å². The summed E-state index contributed by atoms with van der Waals surface area (Å²) in [6, 6.07) is 12.6. The van der Waals surface area contributed by atoms with Gasteiger partial charge in [0.1, 0.15) is 21.5 Å². The van der Waals surface area contributed by atoms with E-state index in [0.29, 0.717) is 22.2 Å². The maximum atomic E-state index is 14.3. The Kier molecular flexibility index (Phi) is 4.55. The summed E-state index contributed by atoms with van der Waals surface area (Å²) in [5.41, 5.74) is 4.34. The fourth-order valence-electron chi connectivity index (χ4n) is 3.74. The fourth-order valence-corrected chi connectivity index (χ4v) is 4.88. The predicted molar refractivity (Wildman–Crippen MR) is 118 cm³/mol. The number of aliphatic imine (C=N–C) groups is 1. The molecule has 1 atom stereocenters. The topological polar surface area (TPSA) is 50.2 Å². The van der Waals surface area contributed by atoms with Crippen LogP contribution < -0.4 is 5.32 Å². The van der Waals surface area contributed by atoms with Crippen molar-refractivity contribution in [1.29, 1.82) is 0 Å². The summed E-state index contributed by atoms with van der Waals surface area (Å²) in [7, 11) is 0. The van der Waals surface area contributed by atoms with Crippen LogP contribution in [-0.4, -0.2) is 15.8 Å². The molecule has 2 aromatic carbocycles. The summed E-state index contributed by atoms with van der Waals surface area (Å²) in [4.78, 5) is 14.2. The van der Waals surface area contributed by atoms with E-state index in [9.17, 15) is 4.39 Å². The van der Waals surface area contributed by atoms with Gasteiger partial charge in [0.15, 0.2) is 5.82 Å². The Morgan fingerprint density at radius 1 is 1.04 bits per heavy atom. The molecule has 1 aliphatic carbocycles. The van der Waals surface area contributed by atoms with Crippen LogP contribution in [0.1, 0.15) is 32.9 Å². The maximum Gasteiger partial charge on any atom is 0.163 e. The van der Waals surface area contributed by atoms with E-state index in [1.165, 1.54) is 6.07 Å². The number of aryl methyl sites for hydroxylation is 1. The van der Waals surface area contributed by atoms with Crippen LogP contribution in [0.25, 0.3) is 11.4 Å². The lowest BCUT2D eigenvalue weighted by Crippen LogP contribution is -2.15. The van der Waals surface area contributed by atoms with Crippen molar-refractivity contribution in [1.82, 2.24) is 9.97 Å². The maximum absolute atomic E-state index is 14.3. The zero-order valence-corrected chi connectivity index (χ0v) is 17.6. The summed E-state index contributed by atoms with van der Waals surface area (Å²) in [5.74, 6) is 1.74. The first-order valence-electron chi connectivity index (χ1n) is 9.04. The minimum absolute atomic E-state index is 0.234. The molecule has 3 aromatic rings. The van der Waals surface area contributed by atoms with Gasteiger partial charge in [-0.1, -0.05) is 58.5 Å². The van der Waals surface area contributed by atoms with E-state index in [2.05, 4.69) is 32.9 Å². The molecule has 4 nitrogen and oxygen atoms in total. The van der Waals surface area contributed by atoms with Crippen LogP contribution in [0.5, 0.6) is 0 Å². The lowest BCUT2D eigenvalue weighted by atomic mass is 10.1. The second-order valence-corrected chi connectivity index (χ2v) is 8.38. The number of benzene rings is 2. The van der Waals surface area contributed by atoms with Gasteiger partial charge >= 0.3 is 0 Å². The van der Waals surface area contributed by atoms with Gasteiger partial charge in [-0.2, -0.15) is 0 Å². The smallest absolute Gasteiger partial charge is 0.163 e. The third-order valence-corrected chi connectivity index (χ3v) is 6.30. The molecule has 0 saturated heterocycles. The van der Waals surface area contributed by atoms with Crippen molar-refractivity contribution in [3.63, 3.8) is 0 Å². The first-order valence-corrected chi connectivity index (χ1v) is 10.7. The van der Waals surface area contributed by atoms with E-state index in [1.807, 2.05) is 30.3 Å². The number of fused-ring (bicyclic) bond motifs is 2. The van der Waals surface area contributed by atoms with Gasteiger partial charge in [-0.05, 0) is 37.5 Å². The third kappa shape index (κ3) is 2.99. The number of nitrogens with zero attached hydrogens (tertiary/aromatic N) is 3. The lowest BCUT2D eigenvalue weighted by Gasteiger charge is -2.13. The molecule has 140 valence electrons. The first kappa shape index (κ1) is 18.0. The molecular formula is C21H15ClFIN4. The first-order chi connectivity index (χ1) is 13.6. The van der Waals surface area contributed by atoms with Gasteiger partial charge in [-0.15, -0.1) is 0 Å². The molecule has 0 amide bonds. The zero-order valence-electron chi connectivity index (χ0n) is 14.7. The van der Waals surface area contributed by atoms with Crippen LogP contribution in [0, 0.1) is 5.82 Å². The van der Waals surface area contributed by atoms with E-state index in [1.54, 1.807) is 6.07 Å². The van der Waals surface area contributed by atoms with Gasteiger partial charge in [0.25, 0.3) is 0 Å². The van der Waals surface area contributed by atoms with Crippen molar-refractivity contribution in [2.75, 3.05) is 5.32 Å². The Morgan fingerprint density at radius 2 is 1.86 bits per heavy atom. The number of anilines is 1. The van der Waals surface area contributed by atoms with Crippen LogP contribution in [0.15, 0.2) is 47.5 Å². The van der Waals surface area contributed by atoms with E-state index in [0.717, 1.165) is 47.5 Å². The van der Waals surface area contributed by atoms with Crippen LogP contribution in [0.4, 0.5) is 10.2 Å². The average molecular weight is 505 g/mol. The van der Waals surface area contributed by atoms with Gasteiger partial charge < -0.3 is 5.32 Å². The summed E-state index contributed by atoms with van der Waals surface area (Å²) in [6.45, 7) is 0. The zero-order chi connectivity index (χ0) is 19.3. The summed E-state index contributed by atoms with van der Waals surface area (Å²) in [5, 5.41) is 3.98. The average Bonchev–Trinajstić information content (AvgIpc) is 3.28. The number of rotatable bonds is 2. The quantitative estimate of drug-likeness (QED) is 0.275. The van der Waals surface area contributed by atoms with E-state index < -0.39 is 0 Å². The van der Waals surface area contributed by atoms with Crippen molar-refractivity contribution in [3.05, 3.63) is 75.7 Å². The molecule has 1 N–H and O–H groups in total. The van der Waals surface area contributed by atoms with Gasteiger partial charge in [-0.25, -0.2) is 19.4 Å². The van der Waals surface area contributed by atoms with Gasteiger partial charge in [0.2, 0.25) is 0 Å². The fraction of sp³-hybridized carbons (Fsp3) is 0.190. The monoisotopic (exact) mass is 504 g/mol. The molecular weight excluding hydrogens is 490 g/mol. The summed E-state index contributed by atoms with van der Waals surface area (Å²) < 4.78 is 14.0. The number of aromatic nitrogens is 2. The van der Waals surface area contributed by atoms with Crippen molar-refractivity contribution in [3.8, 4) is 11.4 Å². The number of halogens is 3. The van der Waals surface area contributed by atoms with Crippen LogP contribution in [0.3, 0.4) is 0 Å². The minimum atomic E-state index is -0.255. The number of amidine groups is 1. The minimum Gasteiger partial charge on any atom is -0.324 e. The predicted octanol–water partition coefficient (Wildman–Crippen LogP) is 5.73. The summed E-state index contributed by atoms with van der Waals surface area (Å²) in [6.07, 6.45) is 2.87. The van der Waals surface area contributed by atoms with Gasteiger partial charge in [0, 0.05) is 27.9 Å². The highest BCUT2D eigenvalue weighted by Crippen LogP contribution is 2.38. The summed E-state index contributed by atoms with van der Waals surface area (Å²) >= 11 is 8.52. The third-order valence-electron chi connectivity index (χ3n) is 5.07. The standard InChI is InChI=1S/C21H15ClFIN4/c22-14-8-2-1-5-11(14)19-25-16-10-4-6-12(16)20(27-19)28-21-13-7-3-9-15(23)17(13)18(24)26-21/h1-3,5,7-9,18H,4,6,10H2,(H,25,26,27,28). The largest absolute Gasteiger partial charge is 0.324 e. The second-order valence-electron chi connectivity index (χ2n) is 6.79. The molecule has 0 spiro atoms. The molecule has 7 heteroatoms. The molecule has 0 saturated carbocycles. The van der Waals surface area contributed by atoms with Crippen molar-refractivity contribution < 1.29 is 4.39 Å². The molecule has 5 rings (SSSR count). The Morgan fingerprint density at radius 3 is 2.71 bits per heavy atom. The number of nitrogens with one attached hydrogen (secondary N) is 1. The Balaban J connectivity index is 1.60. The molecule has 2 aliphatic rings. The molecule has 28 heavy (non-hydrogen) atoms. The molecule has 1 aromatic heterocycles. The highest BCUT2D eigenvalue weighted by molar-refractivity contribution is 14.1. The van der Waals surface area contributed by atoms with Crippen molar-refractivity contribution in [2.24, 2.45) is 4.99 Å². The number of alkyl halides is 1. The highest BCUT2D eigenvalue weighted by Gasteiger charge is 2.28. The molecule has 1 aliphatic heterocycles. The SMILES string of the molecule is Fc1cccc2c1C(I)N=C2Nc1nc(-c2ccccc2Cl)nc2c1CCC2.